The van der Waals surface area contributed by atoms with Gasteiger partial charge >= 0.3 is 0 Å². The summed E-state index contributed by atoms with van der Waals surface area (Å²) in [5, 5.41) is 6.26. The molecule has 0 bridgehead atoms. The fraction of sp³-hybridized carbons (Fsp3) is 0.429. The summed E-state index contributed by atoms with van der Waals surface area (Å²) in [6.45, 7) is 5.76. The van der Waals surface area contributed by atoms with Crippen molar-refractivity contribution < 1.29 is 9.53 Å². The van der Waals surface area contributed by atoms with Crippen LogP contribution in [0.25, 0.3) is 0 Å². The molecule has 0 spiro atoms. The van der Waals surface area contributed by atoms with Crippen LogP contribution in [0.5, 0.6) is 0 Å². The van der Waals surface area contributed by atoms with Gasteiger partial charge in [-0.2, -0.15) is 0 Å². The van der Waals surface area contributed by atoms with Gasteiger partial charge < -0.3 is 15.4 Å². The van der Waals surface area contributed by atoms with Crippen LogP contribution in [0, 0.1) is 0 Å². The van der Waals surface area contributed by atoms with Crippen LogP contribution in [-0.4, -0.2) is 61.7 Å². The first-order valence-electron chi connectivity index (χ1n) is 9.63. The van der Waals surface area contributed by atoms with Gasteiger partial charge in [0.15, 0.2) is 0 Å². The molecule has 1 saturated heterocycles. The Labute approximate surface area is 160 Å². The van der Waals surface area contributed by atoms with E-state index in [4.69, 9.17) is 4.74 Å². The van der Waals surface area contributed by atoms with E-state index >= 15 is 0 Å². The fourth-order valence-corrected chi connectivity index (χ4v) is 3.04. The molecule has 6 heteroatoms. The van der Waals surface area contributed by atoms with Gasteiger partial charge in [0.1, 0.15) is 5.82 Å². The molecule has 2 heterocycles. The van der Waals surface area contributed by atoms with Crippen LogP contribution in [-0.2, 0) is 11.2 Å². The van der Waals surface area contributed by atoms with E-state index in [2.05, 4.69) is 44.8 Å². The van der Waals surface area contributed by atoms with Crippen molar-refractivity contribution in [2.75, 3.05) is 51.3 Å². The highest BCUT2D eigenvalue weighted by molar-refractivity contribution is 5.94. The van der Waals surface area contributed by atoms with Crippen molar-refractivity contribution in [3.8, 4) is 0 Å². The van der Waals surface area contributed by atoms with E-state index in [0.29, 0.717) is 12.1 Å². The maximum absolute atomic E-state index is 12.2. The topological polar surface area (TPSA) is 66.5 Å². The summed E-state index contributed by atoms with van der Waals surface area (Å²) in [5.74, 6) is 0.722. The van der Waals surface area contributed by atoms with Crippen molar-refractivity contribution in [1.82, 2.24) is 15.2 Å². The van der Waals surface area contributed by atoms with Crippen molar-refractivity contribution in [3.63, 3.8) is 0 Å². The molecule has 0 aliphatic carbocycles. The van der Waals surface area contributed by atoms with E-state index in [0.717, 1.165) is 58.1 Å². The van der Waals surface area contributed by atoms with E-state index in [1.165, 1.54) is 5.56 Å². The van der Waals surface area contributed by atoms with Gasteiger partial charge in [-0.3, -0.25) is 9.69 Å². The molecule has 0 atom stereocenters. The number of aromatic nitrogens is 1. The molecule has 1 aromatic heterocycles. The maximum atomic E-state index is 12.2. The molecule has 1 aliphatic rings. The minimum Gasteiger partial charge on any atom is -0.379 e. The predicted octanol–water partition coefficient (Wildman–Crippen LogP) is 2.19. The molecule has 0 saturated carbocycles. The lowest BCUT2D eigenvalue weighted by Crippen LogP contribution is -2.41. The number of aryl methyl sites for hydroxylation is 1. The lowest BCUT2D eigenvalue weighted by molar-refractivity contribution is 0.0383. The molecule has 27 heavy (non-hydrogen) atoms. The molecule has 2 aromatic rings. The Hall–Kier alpha value is -2.44. The summed E-state index contributed by atoms with van der Waals surface area (Å²) in [6.07, 6.45) is 3.70. The smallest absolute Gasteiger partial charge is 0.252 e. The number of carbonyl (C=O) groups excluding carboxylic acids is 1. The second-order valence-corrected chi connectivity index (χ2v) is 6.66. The lowest BCUT2D eigenvalue weighted by atomic mass is 10.1. The Morgan fingerprint density at radius 3 is 2.63 bits per heavy atom. The highest BCUT2D eigenvalue weighted by atomic mass is 16.5. The zero-order valence-corrected chi connectivity index (χ0v) is 15.7. The summed E-state index contributed by atoms with van der Waals surface area (Å²) in [4.78, 5) is 18.8. The number of pyridine rings is 1. The second kappa shape index (κ2) is 10.6. The van der Waals surface area contributed by atoms with Crippen molar-refractivity contribution in [2.24, 2.45) is 0 Å². The van der Waals surface area contributed by atoms with E-state index in [-0.39, 0.29) is 5.91 Å². The van der Waals surface area contributed by atoms with Gasteiger partial charge in [-0.05, 0) is 30.5 Å². The van der Waals surface area contributed by atoms with Gasteiger partial charge in [0.2, 0.25) is 0 Å². The minimum absolute atomic E-state index is 0.0774. The standard InChI is InChI=1S/C21H28N4O2/c26-21(23-11-12-25-13-15-27-16-14-25)19-8-9-20(24-17-19)22-10-4-7-18-5-2-1-3-6-18/h1-3,5-6,8-9,17H,4,7,10-16H2,(H,22,24)(H,23,26). The number of nitrogens with zero attached hydrogens (tertiary/aromatic N) is 2. The maximum Gasteiger partial charge on any atom is 0.252 e. The molecule has 0 unspecified atom stereocenters. The van der Waals surface area contributed by atoms with Gasteiger partial charge in [0.05, 0.1) is 18.8 Å². The number of morpholine rings is 1. The molecule has 144 valence electrons. The number of rotatable bonds is 9. The summed E-state index contributed by atoms with van der Waals surface area (Å²) >= 11 is 0. The van der Waals surface area contributed by atoms with E-state index in [1.807, 2.05) is 18.2 Å². The highest BCUT2D eigenvalue weighted by Gasteiger charge is 2.11. The van der Waals surface area contributed by atoms with Crippen LogP contribution in [0.1, 0.15) is 22.3 Å². The largest absolute Gasteiger partial charge is 0.379 e. The molecule has 1 aromatic carbocycles. The first kappa shape index (κ1) is 19.3. The Morgan fingerprint density at radius 2 is 1.89 bits per heavy atom. The Balaban J connectivity index is 1.34. The molecular weight excluding hydrogens is 340 g/mol. The molecule has 6 nitrogen and oxygen atoms in total. The molecule has 0 radical (unpaired) electrons. The van der Waals surface area contributed by atoms with Crippen molar-refractivity contribution in [2.45, 2.75) is 12.8 Å². The second-order valence-electron chi connectivity index (χ2n) is 6.66. The number of carbonyl (C=O) groups is 1. The first-order valence-corrected chi connectivity index (χ1v) is 9.63. The quantitative estimate of drug-likeness (QED) is 0.664. The zero-order valence-electron chi connectivity index (χ0n) is 15.7. The molecule has 1 fully saturated rings. The van der Waals surface area contributed by atoms with E-state index < -0.39 is 0 Å². The van der Waals surface area contributed by atoms with Gasteiger partial charge in [0, 0.05) is 38.9 Å². The Bertz CT molecular complexity index is 685. The van der Waals surface area contributed by atoms with Crippen molar-refractivity contribution in [1.29, 1.82) is 0 Å². The van der Waals surface area contributed by atoms with Crippen molar-refractivity contribution >= 4 is 11.7 Å². The average Bonchev–Trinajstić information content (AvgIpc) is 2.73. The van der Waals surface area contributed by atoms with Crippen LogP contribution in [0.2, 0.25) is 0 Å². The van der Waals surface area contributed by atoms with Gasteiger partial charge in [0.25, 0.3) is 5.91 Å². The summed E-state index contributed by atoms with van der Waals surface area (Å²) < 4.78 is 5.32. The van der Waals surface area contributed by atoms with Crippen LogP contribution in [0.15, 0.2) is 48.7 Å². The molecule has 2 N–H and O–H groups in total. The molecule has 1 amide bonds. The minimum atomic E-state index is -0.0774. The number of hydrogen-bond acceptors (Lipinski definition) is 5. The molecule has 3 rings (SSSR count). The Kier molecular flexibility index (Phi) is 7.62. The fourth-order valence-electron chi connectivity index (χ4n) is 3.04. The number of hydrogen-bond donors (Lipinski definition) is 2. The van der Waals surface area contributed by atoms with Crippen molar-refractivity contribution in [3.05, 3.63) is 59.8 Å². The van der Waals surface area contributed by atoms with Crippen LogP contribution in [0.4, 0.5) is 5.82 Å². The van der Waals surface area contributed by atoms with Crippen LogP contribution in [0.3, 0.4) is 0 Å². The zero-order chi connectivity index (χ0) is 18.7. The number of ether oxygens (including phenoxy) is 1. The number of anilines is 1. The normalized spacial score (nSPS) is 14.7. The Morgan fingerprint density at radius 1 is 1.07 bits per heavy atom. The first-order chi connectivity index (χ1) is 13.3. The third-order valence-electron chi connectivity index (χ3n) is 4.63. The van der Waals surface area contributed by atoms with Crippen LogP contribution >= 0.6 is 0 Å². The van der Waals surface area contributed by atoms with E-state index in [9.17, 15) is 4.79 Å². The third-order valence-corrected chi connectivity index (χ3v) is 4.63. The van der Waals surface area contributed by atoms with Gasteiger partial charge in [-0.25, -0.2) is 4.98 Å². The average molecular weight is 368 g/mol. The summed E-state index contributed by atoms with van der Waals surface area (Å²) in [7, 11) is 0. The summed E-state index contributed by atoms with van der Waals surface area (Å²) in [6, 6.07) is 14.1. The lowest BCUT2D eigenvalue weighted by Gasteiger charge is -2.26. The number of nitrogens with one attached hydrogen (secondary N) is 2. The van der Waals surface area contributed by atoms with Gasteiger partial charge in [-0.1, -0.05) is 30.3 Å². The highest BCUT2D eigenvalue weighted by Crippen LogP contribution is 2.07. The van der Waals surface area contributed by atoms with Crippen LogP contribution < -0.4 is 10.6 Å². The number of benzene rings is 1. The summed E-state index contributed by atoms with van der Waals surface area (Å²) in [5.41, 5.74) is 1.93. The molecular formula is C21H28N4O2. The van der Waals surface area contributed by atoms with Gasteiger partial charge in [-0.15, -0.1) is 0 Å². The third kappa shape index (κ3) is 6.66. The monoisotopic (exact) mass is 368 g/mol. The predicted molar refractivity (Wildman–Crippen MR) is 107 cm³/mol. The molecule has 1 aliphatic heterocycles. The van der Waals surface area contributed by atoms with E-state index in [1.54, 1.807) is 6.20 Å². The SMILES string of the molecule is O=C(NCCN1CCOCC1)c1ccc(NCCCc2ccccc2)nc1. The number of amides is 1.